The van der Waals surface area contributed by atoms with E-state index in [2.05, 4.69) is 20.9 Å². The maximum Gasteiger partial charge on any atom is 0.407 e. The Hall–Kier alpha value is -3.83. The second-order valence-corrected chi connectivity index (χ2v) is 12.3. The van der Waals surface area contributed by atoms with Crippen molar-refractivity contribution in [1.29, 1.82) is 0 Å². The van der Waals surface area contributed by atoms with Gasteiger partial charge in [0.15, 0.2) is 0 Å². The summed E-state index contributed by atoms with van der Waals surface area (Å²) in [7, 11) is 0. The third-order valence-corrected chi connectivity index (χ3v) is 6.13. The second-order valence-electron chi connectivity index (χ2n) is 11.9. The monoisotopic (exact) mass is 604 g/mol. The average Bonchev–Trinajstić information content (AvgIpc) is 3.22. The van der Waals surface area contributed by atoms with E-state index in [-0.39, 0.29) is 25.2 Å². The molecular weight excluding hydrogens is 567 g/mol. The van der Waals surface area contributed by atoms with Crippen molar-refractivity contribution >= 4 is 40.6 Å². The van der Waals surface area contributed by atoms with E-state index in [0.29, 0.717) is 27.1 Å². The van der Waals surface area contributed by atoms with Crippen LogP contribution in [-0.4, -0.2) is 64.6 Å². The van der Waals surface area contributed by atoms with Gasteiger partial charge in [-0.1, -0.05) is 29.8 Å². The molecule has 0 saturated heterocycles. The molecule has 1 heterocycles. The number of ether oxygens (including phenoxy) is 2. The van der Waals surface area contributed by atoms with Gasteiger partial charge < -0.3 is 35.5 Å². The molecule has 0 aliphatic heterocycles. The number of benzene rings is 2. The van der Waals surface area contributed by atoms with Crippen LogP contribution in [0.4, 0.5) is 14.0 Å². The van der Waals surface area contributed by atoms with Gasteiger partial charge in [0, 0.05) is 40.1 Å². The highest BCUT2D eigenvalue weighted by atomic mass is 35.5. The highest BCUT2D eigenvalue weighted by molar-refractivity contribution is 6.34. The number of amides is 3. The van der Waals surface area contributed by atoms with E-state index in [1.54, 1.807) is 65.8 Å². The molecule has 228 valence electrons. The van der Waals surface area contributed by atoms with Crippen LogP contribution in [0.25, 0.3) is 22.0 Å². The van der Waals surface area contributed by atoms with Gasteiger partial charge in [-0.2, -0.15) is 0 Å². The molecule has 42 heavy (non-hydrogen) atoms. The Labute approximate surface area is 249 Å². The van der Waals surface area contributed by atoms with Gasteiger partial charge in [0.2, 0.25) is 0 Å². The van der Waals surface area contributed by atoms with Gasteiger partial charge in [0.25, 0.3) is 5.91 Å². The fraction of sp³-hybridized carbons (Fsp3) is 0.433. The molecule has 10 nitrogen and oxygen atoms in total. The molecule has 0 aliphatic rings. The lowest BCUT2D eigenvalue weighted by Gasteiger charge is -2.26. The molecule has 2 aromatic carbocycles. The largest absolute Gasteiger partial charge is 0.444 e. The van der Waals surface area contributed by atoms with Crippen molar-refractivity contribution < 1.29 is 33.4 Å². The first-order valence-electron chi connectivity index (χ1n) is 13.5. The number of hydrogen-bond acceptors (Lipinski definition) is 6. The van der Waals surface area contributed by atoms with E-state index in [1.165, 1.54) is 18.2 Å². The molecule has 0 radical (unpaired) electrons. The molecule has 12 heteroatoms. The minimum absolute atomic E-state index is 0.0371. The lowest BCUT2D eigenvalue weighted by molar-refractivity contribution is 0.0438. The van der Waals surface area contributed by atoms with Gasteiger partial charge in [-0.3, -0.25) is 4.79 Å². The van der Waals surface area contributed by atoms with Crippen LogP contribution in [0, 0.1) is 5.82 Å². The lowest BCUT2D eigenvalue weighted by atomic mass is 10.0. The number of rotatable bonds is 9. The zero-order chi connectivity index (χ0) is 31.2. The number of aromatic nitrogens is 1. The normalized spacial score (nSPS) is 13.3. The van der Waals surface area contributed by atoms with Crippen LogP contribution in [0.3, 0.4) is 0 Å². The number of H-pyrrole nitrogens is 1. The molecule has 1 aromatic heterocycles. The summed E-state index contributed by atoms with van der Waals surface area (Å²) in [5.41, 5.74) is 0.143. The molecule has 0 bridgehead atoms. The maximum absolute atomic E-state index is 14.2. The first kappa shape index (κ1) is 32.7. The summed E-state index contributed by atoms with van der Waals surface area (Å²) in [4.78, 5) is 41.1. The number of hydrogen-bond donors (Lipinski definition) is 5. The summed E-state index contributed by atoms with van der Waals surface area (Å²) >= 11 is 6.45. The van der Waals surface area contributed by atoms with Crippen LogP contribution in [0.1, 0.15) is 58.5 Å². The second kappa shape index (κ2) is 13.4. The fourth-order valence-corrected chi connectivity index (χ4v) is 4.41. The van der Waals surface area contributed by atoms with Gasteiger partial charge in [-0.15, -0.1) is 0 Å². The number of aliphatic hydroxyl groups excluding tert-OH is 1. The minimum Gasteiger partial charge on any atom is -0.444 e. The lowest BCUT2D eigenvalue weighted by Crippen LogP contribution is -2.48. The van der Waals surface area contributed by atoms with Crippen LogP contribution in [0.5, 0.6) is 0 Å². The predicted octanol–water partition coefficient (Wildman–Crippen LogP) is 5.53. The number of aromatic amines is 1. The van der Waals surface area contributed by atoms with Crippen LogP contribution >= 0.6 is 11.6 Å². The quantitative estimate of drug-likeness (QED) is 0.218. The van der Waals surface area contributed by atoms with Crippen molar-refractivity contribution in [2.24, 2.45) is 0 Å². The van der Waals surface area contributed by atoms with E-state index in [1.807, 2.05) is 0 Å². The maximum atomic E-state index is 14.2. The Morgan fingerprint density at radius 1 is 0.952 bits per heavy atom. The molecule has 0 fully saturated rings. The molecular formula is C30H38ClFN4O6. The Morgan fingerprint density at radius 2 is 1.60 bits per heavy atom. The summed E-state index contributed by atoms with van der Waals surface area (Å²) in [6.07, 6.45) is -2.57. The van der Waals surface area contributed by atoms with Crippen LogP contribution in [0.2, 0.25) is 5.02 Å². The molecule has 3 aromatic rings. The zero-order valence-corrected chi connectivity index (χ0v) is 25.3. The highest BCUT2D eigenvalue weighted by Gasteiger charge is 2.26. The third-order valence-electron chi connectivity index (χ3n) is 5.80. The number of alkyl carbamates (subject to hydrolysis) is 2. The summed E-state index contributed by atoms with van der Waals surface area (Å²) in [5.74, 6) is -1.02. The van der Waals surface area contributed by atoms with Crippen LogP contribution in [-0.2, 0) is 9.47 Å². The zero-order valence-electron chi connectivity index (χ0n) is 24.6. The number of fused-ring (bicyclic) bond motifs is 1. The number of carbonyl (C=O) groups excluding carboxylic acids is 3. The Bertz CT molecular complexity index is 1430. The number of carbonyl (C=O) groups is 3. The van der Waals surface area contributed by atoms with E-state index in [4.69, 9.17) is 21.1 Å². The summed E-state index contributed by atoms with van der Waals surface area (Å²) < 4.78 is 24.7. The topological polar surface area (TPSA) is 142 Å². The molecule has 0 saturated carbocycles. The van der Waals surface area contributed by atoms with Crippen molar-refractivity contribution in [3.05, 3.63) is 59.0 Å². The minimum atomic E-state index is -1.09. The first-order chi connectivity index (χ1) is 19.5. The van der Waals surface area contributed by atoms with Gasteiger partial charge in [-0.25, -0.2) is 14.0 Å². The SMILES string of the molecule is CC(C)(C)OC(=O)NCC(O)C[C@@H](CNC(=O)c1[nH]c2ccc(F)cc2c1-c1ccccc1Cl)NC(=O)OC(C)(C)C. The number of nitrogens with one attached hydrogen (secondary N) is 4. The fourth-order valence-electron chi connectivity index (χ4n) is 4.18. The Kier molecular flexibility index (Phi) is 10.5. The van der Waals surface area contributed by atoms with Crippen molar-refractivity contribution in [2.45, 2.75) is 71.3 Å². The molecule has 5 N–H and O–H groups in total. The van der Waals surface area contributed by atoms with Crippen molar-refractivity contribution in [1.82, 2.24) is 20.9 Å². The molecule has 3 amide bonds. The first-order valence-corrected chi connectivity index (χ1v) is 13.9. The average molecular weight is 605 g/mol. The highest BCUT2D eigenvalue weighted by Crippen LogP contribution is 2.37. The van der Waals surface area contributed by atoms with E-state index < -0.39 is 47.3 Å². The molecule has 1 unspecified atom stereocenters. The van der Waals surface area contributed by atoms with E-state index >= 15 is 0 Å². The third kappa shape index (κ3) is 9.63. The van der Waals surface area contributed by atoms with Gasteiger partial charge in [-0.05, 0) is 72.2 Å². The van der Waals surface area contributed by atoms with Crippen molar-refractivity contribution in [3.8, 4) is 11.1 Å². The van der Waals surface area contributed by atoms with Crippen LogP contribution in [0.15, 0.2) is 42.5 Å². The van der Waals surface area contributed by atoms with Gasteiger partial charge in [0.1, 0.15) is 22.7 Å². The molecule has 2 atom stereocenters. The summed E-state index contributed by atoms with van der Waals surface area (Å²) in [5, 5.41) is 19.4. The Balaban J connectivity index is 1.80. The predicted molar refractivity (Wildman–Crippen MR) is 159 cm³/mol. The van der Waals surface area contributed by atoms with Gasteiger partial charge in [0.05, 0.1) is 12.1 Å². The smallest absolute Gasteiger partial charge is 0.407 e. The standard InChI is InChI=1S/C30H38ClFN4O6/c1-29(2,3)41-27(39)34-16-19(37)14-18(35-28(40)42-30(4,5)6)15-33-26(38)25-24(20-9-7-8-10-22(20)31)21-13-17(32)11-12-23(21)36-25/h7-13,18-19,36-37H,14-16H2,1-6H3,(H,33,38)(H,34,39)(H,35,40)/t18-,19?/m0/s1. The molecule has 0 aliphatic carbocycles. The number of aliphatic hydroxyl groups is 1. The van der Waals surface area contributed by atoms with Crippen molar-refractivity contribution in [2.75, 3.05) is 13.1 Å². The van der Waals surface area contributed by atoms with Crippen LogP contribution < -0.4 is 16.0 Å². The number of halogens is 2. The molecule has 3 rings (SSSR count). The summed E-state index contributed by atoms with van der Waals surface area (Å²) in [6.45, 7) is 10.0. The van der Waals surface area contributed by atoms with Crippen molar-refractivity contribution in [3.63, 3.8) is 0 Å². The van der Waals surface area contributed by atoms with Gasteiger partial charge >= 0.3 is 12.2 Å². The molecule has 0 spiro atoms. The summed E-state index contributed by atoms with van der Waals surface area (Å²) in [6, 6.07) is 10.3. The van der Waals surface area contributed by atoms with E-state index in [0.717, 1.165) is 0 Å². The van der Waals surface area contributed by atoms with E-state index in [9.17, 15) is 23.9 Å². The Morgan fingerprint density at radius 3 is 2.24 bits per heavy atom.